The van der Waals surface area contributed by atoms with Crippen molar-refractivity contribution in [2.75, 3.05) is 0 Å². The van der Waals surface area contributed by atoms with Crippen LogP contribution < -0.4 is 0 Å². The van der Waals surface area contributed by atoms with Gasteiger partial charge in [-0.05, 0) is 87.3 Å². The van der Waals surface area contributed by atoms with Gasteiger partial charge < -0.3 is 0 Å². The molecule has 0 N–H and O–H groups in total. The van der Waals surface area contributed by atoms with E-state index in [2.05, 4.69) is 29.2 Å². The molecule has 0 bridgehead atoms. The molecule has 1 aliphatic rings. The molecule has 6 rings (SSSR count). The molecule has 0 saturated carbocycles. The van der Waals surface area contributed by atoms with E-state index in [0.29, 0.717) is 5.39 Å². The standard InChI is InChI=1S/C19H15F3.C9H7N/c20-19(21,22)14-7-10-16-13(11-14)6-9-17-15-4-2-1-3-12(15)5-8-18(16)17;1-2-4-9-7-10-6-5-8(9)3-1/h5-11H,1-4H2;1-7H. The lowest BCUT2D eigenvalue weighted by molar-refractivity contribution is -0.137. The fourth-order valence-electron chi connectivity index (χ4n) is 4.60. The van der Waals surface area contributed by atoms with Crippen LogP contribution in [0.4, 0.5) is 13.2 Å². The lowest BCUT2D eigenvalue weighted by Crippen LogP contribution is -2.05. The monoisotopic (exact) mass is 429 g/mol. The lowest BCUT2D eigenvalue weighted by atomic mass is 9.86. The van der Waals surface area contributed by atoms with Crippen LogP contribution in [-0.2, 0) is 19.0 Å². The first-order chi connectivity index (χ1) is 15.5. The average molecular weight is 429 g/mol. The van der Waals surface area contributed by atoms with Crippen molar-refractivity contribution in [3.63, 3.8) is 0 Å². The Morgan fingerprint density at radius 1 is 0.656 bits per heavy atom. The minimum Gasteiger partial charge on any atom is -0.264 e. The van der Waals surface area contributed by atoms with E-state index in [9.17, 15) is 13.2 Å². The SMILES string of the molecule is FC(F)(F)c1ccc2c(ccc3c4c(ccc32)CCCC4)c1.c1ccc2cnccc2c1. The fourth-order valence-corrected chi connectivity index (χ4v) is 4.60. The molecule has 0 spiro atoms. The number of rotatable bonds is 0. The largest absolute Gasteiger partial charge is 0.416 e. The van der Waals surface area contributed by atoms with Gasteiger partial charge in [0.2, 0.25) is 0 Å². The zero-order valence-corrected chi connectivity index (χ0v) is 17.5. The molecule has 0 aliphatic heterocycles. The van der Waals surface area contributed by atoms with Crippen molar-refractivity contribution in [1.82, 2.24) is 4.98 Å². The minimum atomic E-state index is -4.29. The maximum Gasteiger partial charge on any atom is 0.416 e. The Morgan fingerprint density at radius 3 is 2.22 bits per heavy atom. The van der Waals surface area contributed by atoms with Crippen molar-refractivity contribution in [3.05, 3.63) is 102 Å². The molecule has 5 aromatic rings. The number of hydrogen-bond donors (Lipinski definition) is 0. The molecule has 1 heterocycles. The second kappa shape index (κ2) is 8.27. The molecule has 0 amide bonds. The summed E-state index contributed by atoms with van der Waals surface area (Å²) in [6, 6.07) is 22.2. The van der Waals surface area contributed by atoms with Crippen LogP contribution in [0.5, 0.6) is 0 Å². The van der Waals surface area contributed by atoms with E-state index in [-0.39, 0.29) is 0 Å². The molecule has 0 unspecified atom stereocenters. The predicted octanol–water partition coefficient (Wildman–Crippen LogP) is 8.13. The van der Waals surface area contributed by atoms with Gasteiger partial charge in [-0.3, -0.25) is 4.98 Å². The minimum absolute atomic E-state index is 0.586. The van der Waals surface area contributed by atoms with Crippen LogP contribution in [0, 0.1) is 0 Å². The Morgan fingerprint density at radius 2 is 1.41 bits per heavy atom. The maximum absolute atomic E-state index is 12.9. The van der Waals surface area contributed by atoms with Crippen LogP contribution in [-0.4, -0.2) is 4.98 Å². The maximum atomic E-state index is 12.9. The van der Waals surface area contributed by atoms with Crippen LogP contribution in [0.25, 0.3) is 32.3 Å². The normalized spacial score (nSPS) is 13.6. The highest BCUT2D eigenvalue weighted by Crippen LogP contribution is 2.36. The van der Waals surface area contributed by atoms with Crippen molar-refractivity contribution in [3.8, 4) is 0 Å². The Hall–Kier alpha value is -3.40. The van der Waals surface area contributed by atoms with Gasteiger partial charge in [-0.2, -0.15) is 13.2 Å². The van der Waals surface area contributed by atoms with Crippen molar-refractivity contribution in [1.29, 1.82) is 0 Å². The number of fused-ring (bicyclic) bond motifs is 6. The number of benzene rings is 4. The van der Waals surface area contributed by atoms with Crippen molar-refractivity contribution in [2.24, 2.45) is 0 Å². The molecule has 0 radical (unpaired) electrons. The van der Waals surface area contributed by atoms with Gasteiger partial charge in [-0.25, -0.2) is 0 Å². The first kappa shape index (κ1) is 20.5. The summed E-state index contributed by atoms with van der Waals surface area (Å²) >= 11 is 0. The number of alkyl halides is 3. The van der Waals surface area contributed by atoms with E-state index in [1.807, 2.05) is 42.7 Å². The number of nitrogens with zero attached hydrogens (tertiary/aromatic N) is 1. The van der Waals surface area contributed by atoms with E-state index < -0.39 is 11.7 Å². The van der Waals surface area contributed by atoms with Crippen molar-refractivity contribution < 1.29 is 13.2 Å². The number of pyridine rings is 1. The van der Waals surface area contributed by atoms with Crippen molar-refractivity contribution in [2.45, 2.75) is 31.9 Å². The molecule has 0 fully saturated rings. The lowest BCUT2D eigenvalue weighted by Gasteiger charge is -2.19. The molecule has 4 heteroatoms. The molecule has 1 aromatic heterocycles. The van der Waals surface area contributed by atoms with E-state index in [1.54, 1.807) is 6.07 Å². The molecular weight excluding hydrogens is 407 g/mol. The van der Waals surface area contributed by atoms with Gasteiger partial charge in [0.1, 0.15) is 0 Å². The quantitative estimate of drug-likeness (QED) is 0.227. The summed E-state index contributed by atoms with van der Waals surface area (Å²) in [5.41, 5.74) is 2.19. The predicted molar refractivity (Wildman–Crippen MR) is 125 cm³/mol. The highest BCUT2D eigenvalue weighted by molar-refractivity contribution is 6.09. The van der Waals surface area contributed by atoms with E-state index in [1.165, 1.54) is 52.3 Å². The summed E-state index contributed by atoms with van der Waals surface area (Å²) in [4.78, 5) is 4.01. The third-order valence-electron chi connectivity index (χ3n) is 6.23. The summed E-state index contributed by atoms with van der Waals surface area (Å²) in [6.45, 7) is 0. The van der Waals surface area contributed by atoms with E-state index in [4.69, 9.17) is 0 Å². The Bertz CT molecular complexity index is 1350. The van der Waals surface area contributed by atoms with Gasteiger partial charge in [0.25, 0.3) is 0 Å². The van der Waals surface area contributed by atoms with Crippen LogP contribution in [0.3, 0.4) is 0 Å². The Balaban J connectivity index is 0.000000180. The molecule has 32 heavy (non-hydrogen) atoms. The molecule has 0 saturated heterocycles. The zero-order chi connectivity index (χ0) is 22.1. The highest BCUT2D eigenvalue weighted by Gasteiger charge is 2.30. The third kappa shape index (κ3) is 3.93. The summed E-state index contributed by atoms with van der Waals surface area (Å²) in [5, 5.41) is 6.26. The highest BCUT2D eigenvalue weighted by atomic mass is 19.4. The third-order valence-corrected chi connectivity index (χ3v) is 6.23. The smallest absolute Gasteiger partial charge is 0.264 e. The number of aryl methyl sites for hydroxylation is 2. The Kier molecular flexibility index (Phi) is 5.30. The van der Waals surface area contributed by atoms with Crippen LogP contribution in [0.15, 0.2) is 85.2 Å². The summed E-state index contributed by atoms with van der Waals surface area (Å²) in [5.74, 6) is 0. The number of aromatic nitrogens is 1. The van der Waals surface area contributed by atoms with Gasteiger partial charge in [0, 0.05) is 12.4 Å². The van der Waals surface area contributed by atoms with Crippen molar-refractivity contribution >= 4 is 32.3 Å². The van der Waals surface area contributed by atoms with E-state index >= 15 is 0 Å². The average Bonchev–Trinajstić information content (AvgIpc) is 2.83. The summed E-state index contributed by atoms with van der Waals surface area (Å²) in [6.07, 6.45) is 3.98. The first-order valence-corrected chi connectivity index (χ1v) is 10.8. The van der Waals surface area contributed by atoms with E-state index in [0.717, 1.165) is 23.6 Å². The topological polar surface area (TPSA) is 12.9 Å². The molecule has 160 valence electrons. The molecule has 1 nitrogen and oxygen atoms in total. The zero-order valence-electron chi connectivity index (χ0n) is 17.5. The molecule has 1 aliphatic carbocycles. The van der Waals surface area contributed by atoms with Gasteiger partial charge in [-0.15, -0.1) is 0 Å². The van der Waals surface area contributed by atoms with Gasteiger partial charge in [0.15, 0.2) is 0 Å². The molecule has 4 aromatic carbocycles. The molecular formula is C28H22F3N. The second-order valence-electron chi connectivity index (χ2n) is 8.23. The number of halogens is 3. The van der Waals surface area contributed by atoms with Gasteiger partial charge in [0.05, 0.1) is 5.56 Å². The van der Waals surface area contributed by atoms with Gasteiger partial charge >= 0.3 is 6.18 Å². The molecule has 0 atom stereocenters. The van der Waals surface area contributed by atoms with Gasteiger partial charge in [-0.1, -0.05) is 54.6 Å². The second-order valence-corrected chi connectivity index (χ2v) is 8.23. The summed E-state index contributed by atoms with van der Waals surface area (Å²) < 4.78 is 38.6. The summed E-state index contributed by atoms with van der Waals surface area (Å²) in [7, 11) is 0. The Labute approximate surface area is 184 Å². The number of hydrogen-bond acceptors (Lipinski definition) is 1. The first-order valence-electron chi connectivity index (χ1n) is 10.8. The van der Waals surface area contributed by atoms with Crippen LogP contribution >= 0.6 is 0 Å². The van der Waals surface area contributed by atoms with Crippen LogP contribution in [0.1, 0.15) is 29.5 Å². The van der Waals surface area contributed by atoms with Crippen LogP contribution in [0.2, 0.25) is 0 Å². The fraction of sp³-hybridized carbons (Fsp3) is 0.179.